The lowest BCUT2D eigenvalue weighted by Crippen LogP contribution is -2.76. The summed E-state index contributed by atoms with van der Waals surface area (Å²) in [7, 11) is -5.01. The molecule has 2 aromatic heterocycles. The molecule has 3 aromatic rings. The average Bonchev–Trinajstić information content (AvgIpc) is 3.40. The Morgan fingerprint density at radius 3 is 2.67 bits per heavy atom. The first-order chi connectivity index (χ1) is 21.7. The molecule has 2 aliphatic heterocycles. The van der Waals surface area contributed by atoms with Gasteiger partial charge in [0.15, 0.2) is 10.8 Å². The highest BCUT2D eigenvalue weighted by Crippen LogP contribution is 2.33. The van der Waals surface area contributed by atoms with Crippen molar-refractivity contribution in [2.45, 2.75) is 31.5 Å². The Morgan fingerprint density at radius 2 is 2.07 bits per heavy atom. The monoisotopic (exact) mass is 678 g/mol. The summed E-state index contributed by atoms with van der Waals surface area (Å²) in [6, 6.07) is 5.65. The minimum Gasteiger partial charge on any atom is -0.489 e. The molecule has 0 bridgehead atoms. The van der Waals surface area contributed by atoms with Gasteiger partial charge in [0.25, 0.3) is 17.9 Å². The maximum absolute atomic E-state index is 13.2. The SMILES string of the molecule is CC1(C)C(NC(=O)C(=NOC(COc2ccc3c(NCC4CNC4)nccc3c2)C(=O)O)c2csc(N)n2)C(=O)N1OS(=O)(=O)O. The number of hydrogen-bond donors (Lipinski definition) is 6. The number of pyridine rings is 1. The van der Waals surface area contributed by atoms with Gasteiger partial charge in [-0.15, -0.1) is 15.6 Å². The summed E-state index contributed by atoms with van der Waals surface area (Å²) in [4.78, 5) is 51.4. The van der Waals surface area contributed by atoms with Crippen molar-refractivity contribution >= 4 is 67.0 Å². The zero-order chi connectivity index (χ0) is 33.2. The van der Waals surface area contributed by atoms with Crippen molar-refractivity contribution in [3.8, 4) is 5.75 Å². The highest BCUT2D eigenvalue weighted by Gasteiger charge is 2.58. The average molecular weight is 679 g/mol. The van der Waals surface area contributed by atoms with E-state index in [9.17, 15) is 27.9 Å². The zero-order valence-corrected chi connectivity index (χ0v) is 26.0. The summed E-state index contributed by atoms with van der Waals surface area (Å²) in [5.41, 5.74) is 3.67. The number of ether oxygens (including phenoxy) is 1. The number of benzene rings is 1. The van der Waals surface area contributed by atoms with Crippen LogP contribution in [0, 0.1) is 5.92 Å². The predicted octanol–water partition coefficient (Wildman–Crippen LogP) is -0.00230. The number of carbonyl (C=O) groups is 3. The van der Waals surface area contributed by atoms with E-state index >= 15 is 0 Å². The number of β-lactam (4-membered cyclic amide) rings is 1. The number of thiazole rings is 1. The van der Waals surface area contributed by atoms with E-state index in [0.29, 0.717) is 16.7 Å². The minimum absolute atomic E-state index is 0.0614. The van der Waals surface area contributed by atoms with Gasteiger partial charge in [-0.1, -0.05) is 5.16 Å². The van der Waals surface area contributed by atoms with E-state index in [0.717, 1.165) is 47.6 Å². The lowest BCUT2D eigenvalue weighted by Gasteiger charge is -2.50. The van der Waals surface area contributed by atoms with Crippen LogP contribution in [0.25, 0.3) is 10.8 Å². The van der Waals surface area contributed by atoms with Gasteiger partial charge in [-0.3, -0.25) is 14.1 Å². The number of carbonyl (C=O) groups excluding carboxylic acids is 2. The fourth-order valence-electron chi connectivity index (χ4n) is 4.58. The van der Waals surface area contributed by atoms with Crippen molar-refractivity contribution in [2.24, 2.45) is 11.1 Å². The number of aromatic nitrogens is 2. The Kier molecular flexibility index (Phi) is 9.26. The normalized spacial score (nSPS) is 18.8. The first kappa shape index (κ1) is 32.8. The third-order valence-electron chi connectivity index (χ3n) is 7.21. The van der Waals surface area contributed by atoms with Gasteiger partial charge in [0, 0.05) is 42.5 Å². The van der Waals surface area contributed by atoms with E-state index < -0.39 is 58.2 Å². The summed E-state index contributed by atoms with van der Waals surface area (Å²) in [5, 5.41) is 25.9. The van der Waals surface area contributed by atoms with Gasteiger partial charge in [0.1, 0.15) is 29.9 Å². The molecule has 2 atom stereocenters. The molecule has 4 heterocycles. The molecule has 246 valence electrons. The number of nitrogens with zero attached hydrogens (tertiary/aromatic N) is 4. The fourth-order valence-corrected chi connectivity index (χ4v) is 5.58. The molecule has 1 aromatic carbocycles. The van der Waals surface area contributed by atoms with Crippen LogP contribution in [-0.4, -0.2) is 101 Å². The first-order valence-electron chi connectivity index (χ1n) is 13.7. The number of hydrogen-bond acceptors (Lipinski definition) is 15. The third-order valence-corrected chi connectivity index (χ3v) is 8.22. The van der Waals surface area contributed by atoms with Crippen LogP contribution >= 0.6 is 11.3 Å². The predicted molar refractivity (Wildman–Crippen MR) is 163 cm³/mol. The number of hydroxylamine groups is 2. The van der Waals surface area contributed by atoms with Gasteiger partial charge in [0.05, 0.1) is 5.54 Å². The molecule has 5 rings (SSSR count). The number of nitrogens with one attached hydrogen (secondary N) is 3. The maximum Gasteiger partial charge on any atom is 0.418 e. The van der Waals surface area contributed by atoms with Crippen LogP contribution in [0.3, 0.4) is 0 Å². The topological polar surface area (TPSA) is 257 Å². The molecule has 0 spiro atoms. The molecular formula is C26H30N8O10S2. The molecule has 7 N–H and O–H groups in total. The summed E-state index contributed by atoms with van der Waals surface area (Å²) in [6.45, 7) is 4.90. The first-order valence-corrected chi connectivity index (χ1v) is 15.9. The number of carboxylic acid groups (broad SMARTS) is 1. The lowest BCUT2D eigenvalue weighted by molar-refractivity contribution is -0.218. The van der Waals surface area contributed by atoms with Gasteiger partial charge >= 0.3 is 16.4 Å². The summed E-state index contributed by atoms with van der Waals surface area (Å²) >= 11 is 0.962. The van der Waals surface area contributed by atoms with Gasteiger partial charge < -0.3 is 36.4 Å². The molecule has 18 nitrogen and oxygen atoms in total. The molecule has 2 saturated heterocycles. The molecule has 2 fully saturated rings. The van der Waals surface area contributed by atoms with Crippen LogP contribution in [0.5, 0.6) is 5.75 Å². The second kappa shape index (κ2) is 13.0. The maximum atomic E-state index is 13.2. The smallest absolute Gasteiger partial charge is 0.418 e. The van der Waals surface area contributed by atoms with E-state index in [2.05, 4.69) is 35.4 Å². The molecular weight excluding hydrogens is 648 g/mol. The van der Waals surface area contributed by atoms with Crippen molar-refractivity contribution in [2.75, 3.05) is 37.3 Å². The lowest BCUT2D eigenvalue weighted by atomic mass is 9.84. The number of oxime groups is 1. The molecule has 2 amide bonds. The van der Waals surface area contributed by atoms with Crippen LogP contribution < -0.4 is 26.4 Å². The van der Waals surface area contributed by atoms with Gasteiger partial charge in [-0.2, -0.15) is 13.5 Å². The van der Waals surface area contributed by atoms with Crippen molar-refractivity contribution in [1.29, 1.82) is 0 Å². The molecule has 20 heteroatoms. The molecule has 2 aliphatic rings. The zero-order valence-electron chi connectivity index (χ0n) is 24.4. The Morgan fingerprint density at radius 1 is 1.30 bits per heavy atom. The van der Waals surface area contributed by atoms with E-state index in [1.165, 1.54) is 19.2 Å². The van der Waals surface area contributed by atoms with Crippen molar-refractivity contribution in [1.82, 2.24) is 25.7 Å². The number of nitrogens with two attached hydrogens (primary N) is 1. The Bertz CT molecular complexity index is 1790. The van der Waals surface area contributed by atoms with Crippen molar-refractivity contribution in [3.05, 3.63) is 41.5 Å². The number of aliphatic carboxylic acids is 1. The van der Waals surface area contributed by atoms with Gasteiger partial charge in [-0.05, 0) is 43.5 Å². The third kappa shape index (κ3) is 7.26. The Balaban J connectivity index is 1.27. The van der Waals surface area contributed by atoms with Crippen molar-refractivity contribution in [3.63, 3.8) is 0 Å². The number of carboxylic acids is 1. The van der Waals surface area contributed by atoms with Crippen LogP contribution in [-0.2, 0) is 33.9 Å². The number of rotatable bonds is 14. The largest absolute Gasteiger partial charge is 0.489 e. The van der Waals surface area contributed by atoms with Crippen LogP contribution in [0.1, 0.15) is 19.5 Å². The van der Waals surface area contributed by atoms with Gasteiger partial charge in [-0.25, -0.2) is 14.8 Å². The standard InChI is InChI=1S/C26H30N8O10S2/c1-26(2)20(23(36)34(26)44-46(39,40)41)32-22(35)19(17-12-45-25(27)31-17)33-43-18(24(37)38)11-42-15-3-4-16-14(7-15)5-6-29-21(16)30-10-13-8-28-9-13/h3-7,12-13,18,20,28H,8-11H2,1-2H3,(H2,27,31)(H,29,30)(H,32,35)(H,37,38)(H,39,40,41). The quantitative estimate of drug-likeness (QED) is 0.0567. The molecule has 0 saturated carbocycles. The summed E-state index contributed by atoms with van der Waals surface area (Å²) < 4.78 is 41.1. The second-order valence-corrected chi connectivity index (χ2v) is 12.8. The summed E-state index contributed by atoms with van der Waals surface area (Å²) in [5.74, 6) is -1.86. The van der Waals surface area contributed by atoms with E-state index in [4.69, 9.17) is 19.9 Å². The molecule has 0 aliphatic carbocycles. The number of fused-ring (bicyclic) bond motifs is 1. The number of anilines is 2. The molecule has 0 radical (unpaired) electrons. The van der Waals surface area contributed by atoms with Crippen LogP contribution in [0.15, 0.2) is 41.0 Å². The number of nitrogen functional groups attached to an aromatic ring is 1. The second-order valence-electron chi connectivity index (χ2n) is 10.9. The van der Waals surface area contributed by atoms with Crippen LogP contribution in [0.2, 0.25) is 0 Å². The Labute approximate surface area is 265 Å². The highest BCUT2D eigenvalue weighted by molar-refractivity contribution is 7.80. The van der Waals surface area contributed by atoms with E-state index in [1.807, 2.05) is 0 Å². The number of amides is 2. The molecule has 2 unspecified atom stereocenters. The highest BCUT2D eigenvalue weighted by atomic mass is 32.3. The van der Waals surface area contributed by atoms with Gasteiger partial charge in [0.2, 0.25) is 0 Å². The van der Waals surface area contributed by atoms with E-state index in [1.54, 1.807) is 30.5 Å². The molecule has 46 heavy (non-hydrogen) atoms. The van der Waals surface area contributed by atoms with Crippen molar-refractivity contribution < 1.29 is 46.3 Å². The minimum atomic E-state index is -5.01. The summed E-state index contributed by atoms with van der Waals surface area (Å²) in [6.07, 6.45) is -0.0266. The van der Waals surface area contributed by atoms with E-state index in [-0.39, 0.29) is 10.8 Å². The Hall–Kier alpha value is -4.63. The van der Waals surface area contributed by atoms with Crippen LogP contribution in [0.4, 0.5) is 10.9 Å². The fraction of sp³-hybridized carbons (Fsp3) is 0.385.